The Morgan fingerprint density at radius 3 is 2.91 bits per heavy atom. The predicted molar refractivity (Wildman–Crippen MR) is 49.3 cm³/mol. The molecule has 3 heteroatoms. The standard InChI is InChI=1S/C8H6IO2/c1-11-8(10)6-3-2-4-7(9)5-6/h3-5H,1H3. The van der Waals surface area contributed by atoms with E-state index in [4.69, 9.17) is 0 Å². The number of rotatable bonds is 1. The van der Waals surface area contributed by atoms with Gasteiger partial charge in [-0.3, -0.25) is 0 Å². The fourth-order valence-electron chi connectivity index (χ4n) is 0.679. The topological polar surface area (TPSA) is 26.3 Å². The van der Waals surface area contributed by atoms with E-state index in [2.05, 4.69) is 33.4 Å². The van der Waals surface area contributed by atoms with Gasteiger partial charge in [-0.2, -0.15) is 0 Å². The smallest absolute Gasteiger partial charge is 0.337 e. The van der Waals surface area contributed by atoms with Gasteiger partial charge in [0, 0.05) is 3.57 Å². The van der Waals surface area contributed by atoms with Crippen molar-refractivity contribution in [3.63, 3.8) is 0 Å². The van der Waals surface area contributed by atoms with Gasteiger partial charge in [-0.15, -0.1) is 0 Å². The van der Waals surface area contributed by atoms with Crippen LogP contribution in [0.3, 0.4) is 0 Å². The van der Waals surface area contributed by atoms with Crippen molar-refractivity contribution in [1.29, 1.82) is 0 Å². The maximum Gasteiger partial charge on any atom is 0.337 e. The zero-order valence-electron chi connectivity index (χ0n) is 5.93. The van der Waals surface area contributed by atoms with E-state index in [1.165, 1.54) is 7.11 Å². The Bertz CT molecular complexity index is 271. The predicted octanol–water partition coefficient (Wildman–Crippen LogP) is 1.88. The van der Waals surface area contributed by atoms with Crippen LogP contribution in [0.15, 0.2) is 18.2 Å². The molecule has 0 N–H and O–H groups in total. The number of carbonyl (C=O) groups excluding carboxylic acids is 1. The van der Waals surface area contributed by atoms with Gasteiger partial charge in [-0.25, -0.2) is 4.79 Å². The number of carbonyl (C=O) groups is 1. The average Bonchev–Trinajstić information content (AvgIpc) is 2.03. The van der Waals surface area contributed by atoms with Crippen LogP contribution in [-0.2, 0) is 4.74 Å². The molecule has 1 radical (unpaired) electrons. The van der Waals surface area contributed by atoms with E-state index in [9.17, 15) is 4.79 Å². The van der Waals surface area contributed by atoms with Crippen molar-refractivity contribution in [2.75, 3.05) is 7.11 Å². The number of methoxy groups -OCH3 is 1. The summed E-state index contributed by atoms with van der Waals surface area (Å²) in [6.45, 7) is 0. The van der Waals surface area contributed by atoms with Crippen LogP contribution in [0.5, 0.6) is 0 Å². The van der Waals surface area contributed by atoms with Gasteiger partial charge in [0.1, 0.15) is 0 Å². The molecule has 1 aromatic carbocycles. The fraction of sp³-hybridized carbons (Fsp3) is 0.125. The van der Waals surface area contributed by atoms with Crippen molar-refractivity contribution in [2.24, 2.45) is 0 Å². The molecule has 57 valence electrons. The van der Waals surface area contributed by atoms with E-state index < -0.39 is 0 Å². The largest absolute Gasteiger partial charge is 0.465 e. The van der Waals surface area contributed by atoms with Crippen molar-refractivity contribution < 1.29 is 9.53 Å². The van der Waals surface area contributed by atoms with E-state index in [1.54, 1.807) is 18.2 Å². The third kappa shape index (κ3) is 2.18. The van der Waals surface area contributed by atoms with Crippen LogP contribution in [0.1, 0.15) is 10.4 Å². The highest BCUT2D eigenvalue weighted by Gasteiger charge is 2.03. The van der Waals surface area contributed by atoms with E-state index in [0.717, 1.165) is 3.57 Å². The first kappa shape index (κ1) is 8.52. The lowest BCUT2D eigenvalue weighted by Gasteiger charge is -1.97. The number of esters is 1. The van der Waals surface area contributed by atoms with Gasteiger partial charge in [-0.1, -0.05) is 0 Å². The van der Waals surface area contributed by atoms with Gasteiger partial charge >= 0.3 is 5.97 Å². The fourth-order valence-corrected chi connectivity index (χ4v) is 1.19. The van der Waals surface area contributed by atoms with Crippen LogP contribution in [0, 0.1) is 9.64 Å². The summed E-state index contributed by atoms with van der Waals surface area (Å²) in [6, 6.07) is 7.99. The van der Waals surface area contributed by atoms with E-state index >= 15 is 0 Å². The monoisotopic (exact) mass is 261 g/mol. The molecule has 1 rings (SSSR count). The Kier molecular flexibility index (Phi) is 2.87. The van der Waals surface area contributed by atoms with Crippen LogP contribution in [0.4, 0.5) is 0 Å². The van der Waals surface area contributed by atoms with Gasteiger partial charge in [0.05, 0.1) is 12.7 Å². The maximum absolute atomic E-state index is 10.9. The Morgan fingerprint density at radius 1 is 1.64 bits per heavy atom. The van der Waals surface area contributed by atoms with Crippen molar-refractivity contribution in [3.8, 4) is 0 Å². The first-order chi connectivity index (χ1) is 5.24. The molecule has 0 bridgehead atoms. The Hall–Kier alpha value is -0.580. The van der Waals surface area contributed by atoms with Crippen molar-refractivity contribution in [2.45, 2.75) is 0 Å². The second kappa shape index (κ2) is 3.71. The summed E-state index contributed by atoms with van der Waals surface area (Å²) in [5.74, 6) is -0.320. The second-order valence-electron chi connectivity index (χ2n) is 1.93. The molecule has 0 unspecified atom stereocenters. The van der Waals surface area contributed by atoms with Crippen LogP contribution >= 0.6 is 22.6 Å². The maximum atomic E-state index is 10.9. The van der Waals surface area contributed by atoms with Crippen molar-refractivity contribution in [1.82, 2.24) is 0 Å². The van der Waals surface area contributed by atoms with Gasteiger partial charge in [0.25, 0.3) is 0 Å². The van der Waals surface area contributed by atoms with Crippen LogP contribution in [-0.4, -0.2) is 13.1 Å². The molecular formula is C8H6IO2. The molecule has 2 nitrogen and oxygen atoms in total. The summed E-state index contributed by atoms with van der Waals surface area (Å²) in [4.78, 5) is 10.9. The zero-order valence-corrected chi connectivity index (χ0v) is 8.08. The minimum absolute atomic E-state index is 0.320. The summed E-state index contributed by atoms with van der Waals surface area (Å²) in [5, 5.41) is 0. The highest BCUT2D eigenvalue weighted by atomic mass is 127. The molecule has 0 heterocycles. The lowest BCUT2D eigenvalue weighted by molar-refractivity contribution is 0.0600. The SMILES string of the molecule is COC(=O)c1c[c]cc(I)c1. The Balaban J connectivity index is 2.96. The van der Waals surface area contributed by atoms with Crippen LogP contribution in [0.25, 0.3) is 0 Å². The third-order valence-electron chi connectivity index (χ3n) is 1.17. The zero-order chi connectivity index (χ0) is 8.27. The first-order valence-electron chi connectivity index (χ1n) is 2.99. The summed E-state index contributed by atoms with van der Waals surface area (Å²) in [7, 11) is 1.36. The highest BCUT2D eigenvalue weighted by molar-refractivity contribution is 14.1. The Morgan fingerprint density at radius 2 is 2.36 bits per heavy atom. The lowest BCUT2D eigenvalue weighted by Crippen LogP contribution is -2.00. The van der Waals surface area contributed by atoms with E-state index in [1.807, 2.05) is 0 Å². The lowest BCUT2D eigenvalue weighted by atomic mass is 10.2. The summed E-state index contributed by atoms with van der Waals surface area (Å²) < 4.78 is 5.51. The molecule has 0 aliphatic rings. The highest BCUT2D eigenvalue weighted by Crippen LogP contribution is 2.07. The number of hydrogen-bond donors (Lipinski definition) is 0. The molecule has 0 fully saturated rings. The van der Waals surface area contributed by atoms with Crippen molar-refractivity contribution >= 4 is 28.6 Å². The summed E-state index contributed by atoms with van der Waals surface area (Å²) in [6.07, 6.45) is 0. The van der Waals surface area contributed by atoms with E-state index in [0.29, 0.717) is 5.56 Å². The molecule has 1 aromatic rings. The number of benzene rings is 1. The molecule has 0 spiro atoms. The number of ether oxygens (including phenoxy) is 1. The molecule has 0 atom stereocenters. The molecule has 11 heavy (non-hydrogen) atoms. The molecule has 0 aromatic heterocycles. The molecular weight excluding hydrogens is 255 g/mol. The number of halogens is 1. The quantitative estimate of drug-likeness (QED) is 0.570. The summed E-state index contributed by atoms with van der Waals surface area (Å²) >= 11 is 2.12. The Labute approximate surface area is 78.7 Å². The van der Waals surface area contributed by atoms with Gasteiger partial charge in [0.2, 0.25) is 0 Å². The molecule has 0 saturated heterocycles. The molecule has 0 aliphatic carbocycles. The number of hydrogen-bond acceptors (Lipinski definition) is 2. The third-order valence-corrected chi connectivity index (χ3v) is 1.80. The van der Waals surface area contributed by atoms with Gasteiger partial charge < -0.3 is 4.74 Å². The van der Waals surface area contributed by atoms with Crippen molar-refractivity contribution in [3.05, 3.63) is 33.4 Å². The normalized spacial score (nSPS) is 9.27. The van der Waals surface area contributed by atoms with Gasteiger partial charge in [0.15, 0.2) is 0 Å². The minimum atomic E-state index is -0.320. The van der Waals surface area contributed by atoms with Gasteiger partial charge in [-0.05, 0) is 46.9 Å². The minimum Gasteiger partial charge on any atom is -0.465 e. The summed E-state index contributed by atoms with van der Waals surface area (Å²) in [5.41, 5.74) is 0.541. The second-order valence-corrected chi connectivity index (χ2v) is 3.18. The van der Waals surface area contributed by atoms with Crippen LogP contribution in [0.2, 0.25) is 0 Å². The molecule has 0 amide bonds. The molecule has 0 aliphatic heterocycles. The van der Waals surface area contributed by atoms with E-state index in [-0.39, 0.29) is 5.97 Å². The molecule has 0 saturated carbocycles. The van der Waals surface area contributed by atoms with Crippen LogP contribution < -0.4 is 0 Å². The average molecular weight is 261 g/mol. The first-order valence-corrected chi connectivity index (χ1v) is 4.07.